The van der Waals surface area contributed by atoms with Crippen molar-refractivity contribution in [3.05, 3.63) is 70.8 Å². The van der Waals surface area contributed by atoms with E-state index >= 15 is 4.39 Å². The van der Waals surface area contributed by atoms with Gasteiger partial charge in [0.15, 0.2) is 5.82 Å². The molecule has 4 aromatic rings. The molecule has 2 aromatic heterocycles. The Bertz CT molecular complexity index is 2600. The number of benzene rings is 2. The fourth-order valence-corrected chi connectivity index (χ4v) is 7.93. The van der Waals surface area contributed by atoms with Crippen molar-refractivity contribution in [2.75, 3.05) is 87.6 Å². The van der Waals surface area contributed by atoms with Crippen molar-refractivity contribution in [1.29, 1.82) is 0 Å². The van der Waals surface area contributed by atoms with Crippen LogP contribution in [0.15, 0.2) is 48.8 Å². The molecule has 5 N–H and O–H groups in total. The van der Waals surface area contributed by atoms with Crippen molar-refractivity contribution < 1.29 is 55.7 Å². The van der Waals surface area contributed by atoms with Crippen molar-refractivity contribution in [2.45, 2.75) is 58.2 Å². The quantitative estimate of drug-likeness (QED) is 0.0444. The first-order valence-corrected chi connectivity index (χ1v) is 24.1. The van der Waals surface area contributed by atoms with E-state index in [1.54, 1.807) is 29.1 Å². The Kier molecular flexibility index (Phi) is 17.9. The molecular formula is C44H54ClFN10O11S. The average Bonchev–Trinajstić information content (AvgIpc) is 3.84. The zero-order chi connectivity index (χ0) is 49.0. The number of ether oxygens (including phenoxy) is 4. The van der Waals surface area contributed by atoms with Crippen molar-refractivity contribution in [3.63, 3.8) is 0 Å². The minimum atomic E-state index is -3.80. The van der Waals surface area contributed by atoms with Crippen LogP contribution >= 0.6 is 11.6 Å². The van der Waals surface area contributed by atoms with E-state index < -0.39 is 45.5 Å². The Morgan fingerprint density at radius 3 is 2.26 bits per heavy atom. The third kappa shape index (κ3) is 13.8. The van der Waals surface area contributed by atoms with Crippen molar-refractivity contribution in [3.8, 4) is 22.5 Å². The molecule has 1 unspecified atom stereocenters. The normalized spacial score (nSPS) is 15.4. The SMILES string of the molecule is CC(C)n1cc(-c2ccnc(NC[C@H](C)NC(=O)CCOCCOCCOCCOCCNc3cccc4c3C(=O)N(C3CCC(=O)NC3=O)C4=O)n2)c(-c2cc(Cl)cc(NS(C)(=O)=O)c2F)n1. The van der Waals surface area contributed by atoms with Crippen LogP contribution in [0.2, 0.25) is 5.02 Å². The van der Waals surface area contributed by atoms with Gasteiger partial charge in [-0.1, -0.05) is 17.7 Å². The van der Waals surface area contributed by atoms with Gasteiger partial charge in [0.2, 0.25) is 33.7 Å². The summed E-state index contributed by atoms with van der Waals surface area (Å²) in [4.78, 5) is 72.5. The summed E-state index contributed by atoms with van der Waals surface area (Å²) < 4.78 is 65.6. The smallest absolute Gasteiger partial charge is 0.264 e. The topological polar surface area (TPSA) is 263 Å². The van der Waals surface area contributed by atoms with E-state index in [9.17, 15) is 32.4 Å². The molecule has 24 heteroatoms. The maximum absolute atomic E-state index is 15.7. The van der Waals surface area contributed by atoms with E-state index in [1.165, 1.54) is 24.4 Å². The third-order valence-corrected chi connectivity index (χ3v) is 11.2. The van der Waals surface area contributed by atoms with E-state index in [0.29, 0.717) is 63.1 Å². The van der Waals surface area contributed by atoms with Crippen LogP contribution in [0.25, 0.3) is 22.5 Å². The molecule has 1 saturated heterocycles. The Morgan fingerprint density at radius 2 is 1.59 bits per heavy atom. The molecule has 1 fully saturated rings. The molecule has 0 spiro atoms. The maximum atomic E-state index is 15.7. The molecule has 0 bridgehead atoms. The fraction of sp³-hybridized carbons (Fsp3) is 0.455. The summed E-state index contributed by atoms with van der Waals surface area (Å²) in [6.45, 7) is 8.64. The van der Waals surface area contributed by atoms with Crippen LogP contribution in [0.4, 0.5) is 21.7 Å². The number of anilines is 3. The number of fused-ring (bicyclic) bond motifs is 1. The van der Waals surface area contributed by atoms with Gasteiger partial charge in [0.1, 0.15) is 11.7 Å². The number of amides is 5. The highest BCUT2D eigenvalue weighted by atomic mass is 35.5. The number of nitrogens with one attached hydrogen (secondary N) is 5. The maximum Gasteiger partial charge on any atom is 0.264 e. The predicted octanol–water partition coefficient (Wildman–Crippen LogP) is 3.64. The molecule has 2 aromatic carbocycles. The van der Waals surface area contributed by atoms with Gasteiger partial charge < -0.3 is 34.9 Å². The number of piperidine rings is 1. The lowest BCUT2D eigenvalue weighted by molar-refractivity contribution is -0.136. The van der Waals surface area contributed by atoms with Crippen LogP contribution in [0, 0.1) is 5.82 Å². The van der Waals surface area contributed by atoms with Gasteiger partial charge in [-0.05, 0) is 57.5 Å². The summed E-state index contributed by atoms with van der Waals surface area (Å²) >= 11 is 6.28. The summed E-state index contributed by atoms with van der Waals surface area (Å²) in [5.74, 6) is -3.08. The summed E-state index contributed by atoms with van der Waals surface area (Å²) in [5, 5.41) is 16.0. The van der Waals surface area contributed by atoms with Gasteiger partial charge in [0, 0.05) is 72.2 Å². The standard InChI is InChI=1S/C44H54ClFN10O11S/c1-26(2)55-25-31(40(53-55)30-22-28(45)23-34(39(30)46)54-68(4,62)63)32-10-12-48-44(51-32)49-24-27(3)50-37(58)11-14-64-16-18-66-20-21-67-19-17-65-15-13-47-33-7-5-6-29-38(33)43(61)56(42(29)60)35-8-9-36(57)52-41(35)59/h5-7,10,12,22-23,25-27,35,47,54H,8-9,11,13-21,24H2,1-4H3,(H,50,58)(H,48,49,51)(H,52,57,59)/t27-,35?/m0/s1. The second kappa shape index (κ2) is 23.8. The second-order valence-corrected chi connectivity index (χ2v) is 18.3. The molecule has 2 aliphatic heterocycles. The lowest BCUT2D eigenvalue weighted by Crippen LogP contribution is -2.54. The van der Waals surface area contributed by atoms with Crippen molar-refractivity contribution in [2.24, 2.45) is 0 Å². The number of hydrogen-bond donors (Lipinski definition) is 5. The average molecular weight is 985 g/mol. The summed E-state index contributed by atoms with van der Waals surface area (Å²) in [6.07, 6.45) is 4.41. The number of carbonyl (C=O) groups excluding carboxylic acids is 5. The molecule has 21 nitrogen and oxygen atoms in total. The molecule has 68 heavy (non-hydrogen) atoms. The largest absolute Gasteiger partial charge is 0.382 e. The van der Waals surface area contributed by atoms with E-state index in [-0.39, 0.29) is 96.1 Å². The number of halogens is 2. The third-order valence-electron chi connectivity index (χ3n) is 10.4. The van der Waals surface area contributed by atoms with Crippen LogP contribution in [0.1, 0.15) is 66.8 Å². The van der Waals surface area contributed by atoms with Gasteiger partial charge in [-0.15, -0.1) is 0 Å². The Morgan fingerprint density at radius 1 is 0.897 bits per heavy atom. The van der Waals surface area contributed by atoms with Gasteiger partial charge >= 0.3 is 0 Å². The van der Waals surface area contributed by atoms with Crippen LogP contribution < -0.4 is 26.0 Å². The van der Waals surface area contributed by atoms with Crippen molar-refractivity contribution in [1.82, 2.24) is 35.3 Å². The minimum absolute atomic E-state index is 0.0203. The number of nitrogens with zero attached hydrogens (tertiary/aromatic N) is 5. The zero-order valence-corrected chi connectivity index (χ0v) is 39.5. The summed E-state index contributed by atoms with van der Waals surface area (Å²) in [6, 6.07) is 7.59. The van der Waals surface area contributed by atoms with E-state index in [4.69, 9.17) is 30.5 Å². The molecule has 2 aliphatic rings. The zero-order valence-electron chi connectivity index (χ0n) is 37.9. The molecule has 6 rings (SSSR count). The molecule has 0 radical (unpaired) electrons. The lowest BCUT2D eigenvalue weighted by Gasteiger charge is -2.27. The Balaban J connectivity index is 0.815. The van der Waals surface area contributed by atoms with Gasteiger partial charge in [-0.2, -0.15) is 5.10 Å². The van der Waals surface area contributed by atoms with Crippen LogP contribution in [-0.2, 0) is 43.4 Å². The first kappa shape index (κ1) is 51.3. The number of hydrogen-bond acceptors (Lipinski definition) is 16. The highest BCUT2D eigenvalue weighted by molar-refractivity contribution is 7.92. The highest BCUT2D eigenvalue weighted by Crippen LogP contribution is 2.37. The number of rotatable bonds is 26. The van der Waals surface area contributed by atoms with Crippen molar-refractivity contribution >= 4 is 68.5 Å². The molecule has 0 aliphatic carbocycles. The molecule has 366 valence electrons. The molecular weight excluding hydrogens is 931 g/mol. The monoisotopic (exact) mass is 984 g/mol. The predicted molar refractivity (Wildman–Crippen MR) is 248 cm³/mol. The summed E-state index contributed by atoms with van der Waals surface area (Å²) in [7, 11) is -3.80. The number of carbonyl (C=O) groups is 5. The van der Waals surface area contributed by atoms with Gasteiger partial charge in [-0.25, -0.2) is 22.8 Å². The minimum Gasteiger partial charge on any atom is -0.382 e. The van der Waals surface area contributed by atoms with Gasteiger partial charge in [-0.3, -0.25) is 43.6 Å². The molecule has 4 heterocycles. The number of aromatic nitrogens is 4. The van der Waals surface area contributed by atoms with Crippen LogP contribution in [-0.4, -0.2) is 147 Å². The first-order valence-electron chi connectivity index (χ1n) is 21.8. The van der Waals surface area contributed by atoms with Crippen LogP contribution in [0.5, 0.6) is 0 Å². The second-order valence-electron chi connectivity index (χ2n) is 16.1. The van der Waals surface area contributed by atoms with Gasteiger partial charge in [0.25, 0.3) is 11.8 Å². The summed E-state index contributed by atoms with van der Waals surface area (Å²) in [5.41, 5.74) is 1.56. The lowest BCUT2D eigenvalue weighted by atomic mass is 10.0. The number of sulfonamides is 1. The number of imide groups is 2. The first-order chi connectivity index (χ1) is 32.5. The van der Waals surface area contributed by atoms with Crippen LogP contribution in [0.3, 0.4) is 0 Å². The Hall–Kier alpha value is -6.11. The fourth-order valence-electron chi connectivity index (χ4n) is 7.16. The molecule has 5 amide bonds. The van der Waals surface area contributed by atoms with E-state index in [0.717, 1.165) is 11.2 Å². The van der Waals surface area contributed by atoms with E-state index in [1.807, 2.05) is 20.8 Å². The molecule has 0 saturated carbocycles. The Labute approximate surface area is 397 Å². The molecule has 2 atom stereocenters. The highest BCUT2D eigenvalue weighted by Gasteiger charge is 2.45. The van der Waals surface area contributed by atoms with E-state index in [2.05, 4.69) is 41.1 Å². The van der Waals surface area contributed by atoms with Gasteiger partial charge in [0.05, 0.1) is 81.6 Å².